The third-order valence-corrected chi connectivity index (χ3v) is 3.40. The summed E-state index contributed by atoms with van der Waals surface area (Å²) in [6.45, 7) is 0.197. The van der Waals surface area contributed by atoms with Gasteiger partial charge in [0.25, 0.3) is 0 Å². The Kier molecular flexibility index (Phi) is 2.39. The molecule has 2 aliphatic rings. The molecular weight excluding hydrogens is 222 g/mol. The maximum atomic E-state index is 11.2. The fourth-order valence-electron chi connectivity index (χ4n) is 2.28. The number of aliphatic hydroxyl groups excluding tert-OH is 1. The molecule has 1 aromatic rings. The lowest BCUT2D eigenvalue weighted by molar-refractivity contribution is -0.393. The van der Waals surface area contributed by atoms with E-state index in [1.807, 2.05) is 0 Å². The first-order valence-electron chi connectivity index (χ1n) is 6.08. The second-order valence-electron chi connectivity index (χ2n) is 4.86. The molecule has 0 aromatic carbocycles. The van der Waals surface area contributed by atoms with Gasteiger partial charge in [-0.05, 0) is 30.6 Å². The average Bonchev–Trinajstić information content (AvgIpc) is 3.17. The van der Waals surface area contributed by atoms with E-state index in [1.165, 1.54) is 0 Å². The molecule has 0 saturated heterocycles. The monoisotopic (exact) mass is 237 g/mol. The Bertz CT molecular complexity index is 461. The molecule has 17 heavy (non-hydrogen) atoms. The zero-order valence-corrected chi connectivity index (χ0v) is 9.50. The van der Waals surface area contributed by atoms with Gasteiger partial charge in [-0.15, -0.1) is 0 Å². The highest BCUT2D eigenvalue weighted by atomic mass is 16.6. The SMILES string of the molecule is O=[N+]([O-])c1c(C2CC2)nc(C2CC2)n1CCO. The Morgan fingerprint density at radius 3 is 2.47 bits per heavy atom. The van der Waals surface area contributed by atoms with Crippen LogP contribution in [0.15, 0.2) is 0 Å². The van der Waals surface area contributed by atoms with E-state index in [0.29, 0.717) is 11.6 Å². The summed E-state index contributed by atoms with van der Waals surface area (Å²) < 4.78 is 1.62. The van der Waals surface area contributed by atoms with E-state index in [9.17, 15) is 10.1 Å². The Balaban J connectivity index is 2.08. The van der Waals surface area contributed by atoms with Gasteiger partial charge in [-0.1, -0.05) is 0 Å². The van der Waals surface area contributed by atoms with Crippen LogP contribution in [0.2, 0.25) is 0 Å². The van der Waals surface area contributed by atoms with Crippen LogP contribution in [-0.4, -0.2) is 26.2 Å². The van der Waals surface area contributed by atoms with Crippen LogP contribution in [0.4, 0.5) is 5.82 Å². The standard InChI is InChI=1S/C11H15N3O3/c15-6-5-13-10(8-3-4-8)12-9(7-1-2-7)11(13)14(16)17/h7-8,15H,1-6H2. The van der Waals surface area contributed by atoms with Gasteiger partial charge in [0.1, 0.15) is 12.2 Å². The summed E-state index contributed by atoms with van der Waals surface area (Å²) in [6, 6.07) is 0. The zero-order valence-electron chi connectivity index (χ0n) is 9.50. The first kappa shape index (κ1) is 10.7. The molecule has 0 amide bonds. The van der Waals surface area contributed by atoms with E-state index < -0.39 is 0 Å². The number of aliphatic hydroxyl groups is 1. The lowest BCUT2D eigenvalue weighted by Gasteiger charge is -2.02. The molecule has 92 valence electrons. The van der Waals surface area contributed by atoms with Crippen molar-refractivity contribution < 1.29 is 10.0 Å². The molecule has 1 aromatic heterocycles. The van der Waals surface area contributed by atoms with Crippen molar-refractivity contribution in [3.8, 4) is 0 Å². The van der Waals surface area contributed by atoms with Gasteiger partial charge < -0.3 is 15.2 Å². The van der Waals surface area contributed by atoms with Gasteiger partial charge in [-0.2, -0.15) is 0 Å². The van der Waals surface area contributed by atoms with Gasteiger partial charge >= 0.3 is 5.82 Å². The zero-order chi connectivity index (χ0) is 12.0. The Morgan fingerprint density at radius 2 is 2.00 bits per heavy atom. The predicted octanol–water partition coefficient (Wildman–Crippen LogP) is 1.54. The number of hydrogen-bond acceptors (Lipinski definition) is 4. The maximum Gasteiger partial charge on any atom is 0.346 e. The number of nitrogens with zero attached hydrogens (tertiary/aromatic N) is 3. The molecule has 3 rings (SSSR count). The normalized spacial score (nSPS) is 19.6. The van der Waals surface area contributed by atoms with Crippen LogP contribution in [0.3, 0.4) is 0 Å². The second-order valence-corrected chi connectivity index (χ2v) is 4.86. The fraction of sp³-hybridized carbons (Fsp3) is 0.727. The van der Waals surface area contributed by atoms with Crippen LogP contribution in [0.1, 0.15) is 49.0 Å². The van der Waals surface area contributed by atoms with E-state index in [0.717, 1.165) is 31.5 Å². The third-order valence-electron chi connectivity index (χ3n) is 3.40. The van der Waals surface area contributed by atoms with E-state index in [-0.39, 0.29) is 29.8 Å². The molecule has 2 saturated carbocycles. The maximum absolute atomic E-state index is 11.2. The first-order valence-corrected chi connectivity index (χ1v) is 6.08. The predicted molar refractivity (Wildman–Crippen MR) is 59.9 cm³/mol. The third kappa shape index (κ3) is 1.82. The number of nitro groups is 1. The Labute approximate surface area is 98.4 Å². The highest BCUT2D eigenvalue weighted by Crippen LogP contribution is 2.47. The van der Waals surface area contributed by atoms with Crippen LogP contribution in [0.5, 0.6) is 0 Å². The fourth-order valence-corrected chi connectivity index (χ4v) is 2.28. The van der Waals surface area contributed by atoms with Crippen molar-refractivity contribution >= 4 is 5.82 Å². The molecular formula is C11H15N3O3. The van der Waals surface area contributed by atoms with Gasteiger partial charge in [0.2, 0.25) is 0 Å². The van der Waals surface area contributed by atoms with E-state index in [1.54, 1.807) is 4.57 Å². The van der Waals surface area contributed by atoms with Crippen molar-refractivity contribution in [1.29, 1.82) is 0 Å². The second kappa shape index (κ2) is 3.80. The molecule has 1 N–H and O–H groups in total. The molecule has 2 fully saturated rings. The van der Waals surface area contributed by atoms with Crippen molar-refractivity contribution in [2.24, 2.45) is 0 Å². The topological polar surface area (TPSA) is 81.2 Å². The lowest BCUT2D eigenvalue weighted by Crippen LogP contribution is -2.09. The van der Waals surface area contributed by atoms with Gasteiger partial charge in [0.15, 0.2) is 5.82 Å². The van der Waals surface area contributed by atoms with Crippen molar-refractivity contribution in [3.63, 3.8) is 0 Å². The van der Waals surface area contributed by atoms with Crippen LogP contribution in [0.25, 0.3) is 0 Å². The number of hydrogen-bond donors (Lipinski definition) is 1. The highest BCUT2D eigenvalue weighted by Gasteiger charge is 2.41. The Hall–Kier alpha value is -1.43. The van der Waals surface area contributed by atoms with Gasteiger partial charge in [0, 0.05) is 11.8 Å². The molecule has 0 radical (unpaired) electrons. The minimum absolute atomic E-state index is 0.0823. The quantitative estimate of drug-likeness (QED) is 0.622. The van der Waals surface area contributed by atoms with Crippen LogP contribution in [0, 0.1) is 10.1 Å². The number of aromatic nitrogens is 2. The van der Waals surface area contributed by atoms with Crippen LogP contribution in [-0.2, 0) is 6.54 Å². The summed E-state index contributed by atoms with van der Waals surface area (Å²) in [7, 11) is 0. The highest BCUT2D eigenvalue weighted by molar-refractivity contribution is 5.38. The summed E-state index contributed by atoms with van der Waals surface area (Å²) in [5.74, 6) is 1.57. The molecule has 0 aliphatic heterocycles. The molecule has 0 bridgehead atoms. The van der Waals surface area contributed by atoms with E-state index >= 15 is 0 Å². The van der Waals surface area contributed by atoms with Crippen molar-refractivity contribution in [1.82, 2.24) is 9.55 Å². The van der Waals surface area contributed by atoms with Crippen molar-refractivity contribution in [3.05, 3.63) is 21.6 Å². The van der Waals surface area contributed by atoms with Gasteiger partial charge in [-0.25, -0.2) is 9.55 Å². The molecule has 0 spiro atoms. The summed E-state index contributed by atoms with van der Waals surface area (Å²) in [5.41, 5.74) is 0.644. The smallest absolute Gasteiger partial charge is 0.346 e. The summed E-state index contributed by atoms with van der Waals surface area (Å²) in [4.78, 5) is 15.3. The first-order chi connectivity index (χ1) is 8.22. The van der Waals surface area contributed by atoms with Crippen LogP contribution < -0.4 is 0 Å². The summed E-state index contributed by atoms with van der Waals surface area (Å²) in [5, 5.41) is 20.2. The Morgan fingerprint density at radius 1 is 1.35 bits per heavy atom. The number of imidazole rings is 1. The minimum atomic E-state index is -0.345. The largest absolute Gasteiger partial charge is 0.392 e. The van der Waals surface area contributed by atoms with Gasteiger partial charge in [-0.3, -0.25) is 0 Å². The average molecular weight is 237 g/mol. The minimum Gasteiger partial charge on any atom is -0.392 e. The molecule has 6 heteroatoms. The molecule has 0 unspecified atom stereocenters. The summed E-state index contributed by atoms with van der Waals surface area (Å²) in [6.07, 6.45) is 4.12. The molecule has 2 aliphatic carbocycles. The van der Waals surface area contributed by atoms with E-state index in [2.05, 4.69) is 4.98 Å². The summed E-state index contributed by atoms with van der Waals surface area (Å²) >= 11 is 0. The van der Waals surface area contributed by atoms with E-state index in [4.69, 9.17) is 5.11 Å². The van der Waals surface area contributed by atoms with Gasteiger partial charge in [0.05, 0.1) is 6.61 Å². The number of rotatable bonds is 5. The molecule has 1 heterocycles. The van der Waals surface area contributed by atoms with Crippen LogP contribution >= 0.6 is 0 Å². The molecule has 6 nitrogen and oxygen atoms in total. The van der Waals surface area contributed by atoms with Crippen molar-refractivity contribution in [2.45, 2.75) is 44.1 Å². The van der Waals surface area contributed by atoms with Crippen molar-refractivity contribution in [2.75, 3.05) is 6.61 Å². The lowest BCUT2D eigenvalue weighted by atomic mass is 10.3. The molecule has 0 atom stereocenters.